The molecule has 0 bridgehead atoms. The maximum atomic E-state index is 14.2. The molecule has 0 atom stereocenters. The minimum absolute atomic E-state index is 0.140. The second-order valence-electron chi connectivity index (χ2n) is 5.72. The van der Waals surface area contributed by atoms with Gasteiger partial charge in [-0.1, -0.05) is 18.2 Å². The predicted molar refractivity (Wildman–Crippen MR) is 100 cm³/mol. The molecule has 0 saturated heterocycles. The maximum Gasteiger partial charge on any atom is 0.233 e. The Bertz CT molecular complexity index is 1140. The molecular formula is C21H13FN4O. The van der Waals surface area contributed by atoms with E-state index in [9.17, 15) is 9.65 Å². The van der Waals surface area contributed by atoms with Crippen molar-refractivity contribution in [1.82, 2.24) is 9.97 Å². The molecule has 0 aliphatic rings. The summed E-state index contributed by atoms with van der Waals surface area (Å²) < 4.78 is 19.9. The fourth-order valence-electron chi connectivity index (χ4n) is 2.69. The first-order valence-electron chi connectivity index (χ1n) is 8.18. The van der Waals surface area contributed by atoms with Gasteiger partial charge in [-0.3, -0.25) is 4.98 Å². The molecule has 0 aliphatic heterocycles. The van der Waals surface area contributed by atoms with Gasteiger partial charge in [-0.2, -0.15) is 9.65 Å². The van der Waals surface area contributed by atoms with E-state index in [1.165, 1.54) is 6.20 Å². The van der Waals surface area contributed by atoms with Crippen molar-refractivity contribution in [3.05, 3.63) is 84.6 Å². The Kier molecular flexibility index (Phi) is 4.33. The van der Waals surface area contributed by atoms with Crippen molar-refractivity contribution in [2.45, 2.75) is 0 Å². The molecule has 2 aromatic heterocycles. The van der Waals surface area contributed by atoms with Crippen LogP contribution in [0.25, 0.3) is 10.9 Å². The van der Waals surface area contributed by atoms with Crippen molar-refractivity contribution < 1.29 is 9.13 Å². The van der Waals surface area contributed by atoms with Crippen molar-refractivity contribution in [2.24, 2.45) is 0 Å². The van der Waals surface area contributed by atoms with Crippen LogP contribution in [0.3, 0.4) is 0 Å². The van der Waals surface area contributed by atoms with Crippen LogP contribution in [0.2, 0.25) is 0 Å². The Morgan fingerprint density at radius 1 is 0.963 bits per heavy atom. The lowest BCUT2D eigenvalue weighted by Gasteiger charge is -2.12. The standard InChI is InChI=1S/C21H13FN4O/c22-21-18(12-23)20(17-10-11-24-13-19(17)26-21)25-14-6-8-16(9-7-14)27-15-4-2-1-3-5-15/h1-11,13H,(H,25,26). The zero-order valence-corrected chi connectivity index (χ0v) is 14.1. The smallest absolute Gasteiger partial charge is 0.233 e. The van der Waals surface area contributed by atoms with E-state index in [1.807, 2.05) is 36.4 Å². The number of para-hydroxylation sites is 1. The van der Waals surface area contributed by atoms with Gasteiger partial charge in [0.05, 0.1) is 17.4 Å². The molecule has 0 unspecified atom stereocenters. The fraction of sp³-hybridized carbons (Fsp3) is 0. The van der Waals surface area contributed by atoms with Crippen molar-refractivity contribution in [2.75, 3.05) is 5.32 Å². The highest BCUT2D eigenvalue weighted by Gasteiger charge is 2.15. The third kappa shape index (κ3) is 3.39. The summed E-state index contributed by atoms with van der Waals surface area (Å²) in [5.74, 6) is 0.575. The van der Waals surface area contributed by atoms with Gasteiger partial charge < -0.3 is 10.1 Å². The summed E-state index contributed by atoms with van der Waals surface area (Å²) in [6.45, 7) is 0. The molecule has 4 rings (SSSR count). The van der Waals surface area contributed by atoms with Gasteiger partial charge in [-0.05, 0) is 42.5 Å². The molecule has 5 nitrogen and oxygen atoms in total. The Labute approximate surface area is 154 Å². The molecule has 27 heavy (non-hydrogen) atoms. The lowest BCUT2D eigenvalue weighted by Crippen LogP contribution is -2.01. The van der Waals surface area contributed by atoms with Crippen LogP contribution in [0.4, 0.5) is 15.8 Å². The first kappa shape index (κ1) is 16.5. The van der Waals surface area contributed by atoms with Crippen LogP contribution in [0.15, 0.2) is 73.1 Å². The molecule has 0 saturated carbocycles. The van der Waals surface area contributed by atoms with Crippen LogP contribution in [0.5, 0.6) is 11.5 Å². The van der Waals surface area contributed by atoms with Crippen LogP contribution >= 0.6 is 0 Å². The number of nitrogens with zero attached hydrogens (tertiary/aromatic N) is 3. The summed E-state index contributed by atoms with van der Waals surface area (Å²) in [6.07, 6.45) is 3.03. The second-order valence-corrected chi connectivity index (χ2v) is 5.72. The summed E-state index contributed by atoms with van der Waals surface area (Å²) in [6, 6.07) is 20.2. The summed E-state index contributed by atoms with van der Waals surface area (Å²) in [4.78, 5) is 7.75. The minimum Gasteiger partial charge on any atom is -0.457 e. The third-order valence-electron chi connectivity index (χ3n) is 3.96. The van der Waals surface area contributed by atoms with Crippen LogP contribution in [0.1, 0.15) is 5.56 Å². The summed E-state index contributed by atoms with van der Waals surface area (Å²) in [7, 11) is 0. The lowest BCUT2D eigenvalue weighted by atomic mass is 10.1. The van der Waals surface area contributed by atoms with Crippen molar-refractivity contribution in [1.29, 1.82) is 5.26 Å². The molecular weight excluding hydrogens is 343 g/mol. The number of hydrogen-bond acceptors (Lipinski definition) is 5. The first-order chi connectivity index (χ1) is 13.2. The van der Waals surface area contributed by atoms with E-state index >= 15 is 0 Å². The topological polar surface area (TPSA) is 70.8 Å². The molecule has 130 valence electrons. The Morgan fingerprint density at radius 3 is 2.44 bits per heavy atom. The van der Waals surface area contributed by atoms with Gasteiger partial charge in [-0.15, -0.1) is 0 Å². The van der Waals surface area contributed by atoms with E-state index in [0.29, 0.717) is 28.0 Å². The van der Waals surface area contributed by atoms with Crippen LogP contribution in [0, 0.1) is 17.3 Å². The maximum absolute atomic E-state index is 14.2. The molecule has 0 fully saturated rings. The Morgan fingerprint density at radius 2 is 1.70 bits per heavy atom. The number of nitriles is 1. The summed E-state index contributed by atoms with van der Waals surface area (Å²) >= 11 is 0. The zero-order valence-electron chi connectivity index (χ0n) is 14.1. The van der Waals surface area contributed by atoms with Gasteiger partial charge >= 0.3 is 0 Å². The number of benzene rings is 2. The van der Waals surface area contributed by atoms with Crippen LogP contribution in [-0.4, -0.2) is 9.97 Å². The predicted octanol–water partition coefficient (Wildman–Crippen LogP) is 5.18. The summed E-state index contributed by atoms with van der Waals surface area (Å²) in [5.41, 5.74) is 1.29. The molecule has 4 aromatic rings. The van der Waals surface area contributed by atoms with Crippen molar-refractivity contribution >= 4 is 22.3 Å². The number of aromatic nitrogens is 2. The Balaban J connectivity index is 1.65. The third-order valence-corrected chi connectivity index (χ3v) is 3.96. The molecule has 0 aliphatic carbocycles. The second kappa shape index (κ2) is 7.10. The molecule has 1 N–H and O–H groups in total. The highest BCUT2D eigenvalue weighted by atomic mass is 19.1. The van der Waals surface area contributed by atoms with Gasteiger partial charge in [-0.25, -0.2) is 4.98 Å². The van der Waals surface area contributed by atoms with E-state index in [1.54, 1.807) is 36.5 Å². The van der Waals surface area contributed by atoms with E-state index in [-0.39, 0.29) is 5.56 Å². The van der Waals surface area contributed by atoms with Gasteiger partial charge in [0, 0.05) is 17.3 Å². The number of ether oxygens (including phenoxy) is 1. The van der Waals surface area contributed by atoms with E-state index in [2.05, 4.69) is 15.3 Å². The van der Waals surface area contributed by atoms with E-state index < -0.39 is 5.95 Å². The minimum atomic E-state index is -0.829. The van der Waals surface area contributed by atoms with Crippen molar-refractivity contribution in [3.8, 4) is 17.6 Å². The van der Waals surface area contributed by atoms with Gasteiger partial charge in [0.15, 0.2) is 0 Å². The average molecular weight is 356 g/mol. The molecule has 6 heteroatoms. The lowest BCUT2D eigenvalue weighted by molar-refractivity contribution is 0.483. The van der Waals surface area contributed by atoms with Crippen molar-refractivity contribution in [3.63, 3.8) is 0 Å². The zero-order chi connectivity index (χ0) is 18.6. The van der Waals surface area contributed by atoms with Gasteiger partial charge in [0.1, 0.15) is 23.1 Å². The monoisotopic (exact) mass is 356 g/mol. The largest absolute Gasteiger partial charge is 0.457 e. The molecule has 0 spiro atoms. The first-order valence-corrected chi connectivity index (χ1v) is 8.18. The Hall–Kier alpha value is -3.98. The number of nitrogens with one attached hydrogen (secondary N) is 1. The van der Waals surface area contributed by atoms with Gasteiger partial charge in [0.2, 0.25) is 5.95 Å². The number of anilines is 2. The number of hydrogen-bond donors (Lipinski definition) is 1. The summed E-state index contributed by atoms with van der Waals surface area (Å²) in [5, 5.41) is 13.1. The highest BCUT2D eigenvalue weighted by Crippen LogP contribution is 2.31. The SMILES string of the molecule is N#Cc1c(F)nc2cnccc2c1Nc1ccc(Oc2ccccc2)cc1. The molecule has 0 amide bonds. The number of pyridine rings is 2. The number of rotatable bonds is 4. The average Bonchev–Trinajstić information content (AvgIpc) is 2.70. The quantitative estimate of drug-likeness (QED) is 0.510. The normalized spacial score (nSPS) is 10.4. The number of halogens is 1. The molecule has 2 heterocycles. The number of fused-ring (bicyclic) bond motifs is 1. The van der Waals surface area contributed by atoms with Gasteiger partial charge in [0.25, 0.3) is 0 Å². The van der Waals surface area contributed by atoms with Crippen LogP contribution in [-0.2, 0) is 0 Å². The van der Waals surface area contributed by atoms with E-state index in [4.69, 9.17) is 4.74 Å². The van der Waals surface area contributed by atoms with Crippen LogP contribution < -0.4 is 10.1 Å². The fourth-order valence-corrected chi connectivity index (χ4v) is 2.69. The molecule has 2 aromatic carbocycles. The van der Waals surface area contributed by atoms with E-state index in [0.717, 1.165) is 5.75 Å². The highest BCUT2D eigenvalue weighted by molar-refractivity contribution is 5.95. The molecule has 0 radical (unpaired) electrons.